The van der Waals surface area contributed by atoms with Gasteiger partial charge in [-0.25, -0.2) is 0 Å². The molecule has 20 heteroatoms. The highest BCUT2D eigenvalue weighted by Gasteiger charge is 2.54. The summed E-state index contributed by atoms with van der Waals surface area (Å²) in [7, 11) is 0. The van der Waals surface area contributed by atoms with Crippen LogP contribution in [0.5, 0.6) is 0 Å². The number of hydrogen-bond acceptors (Lipinski definition) is 18. The normalized spacial score (nSPS) is 31.4. The van der Waals surface area contributed by atoms with Gasteiger partial charge in [0.2, 0.25) is 11.8 Å². The summed E-state index contributed by atoms with van der Waals surface area (Å²) in [6.07, 6.45) is 7.97. The van der Waals surface area contributed by atoms with Crippen LogP contribution in [0.15, 0.2) is 12.2 Å². The molecule has 0 bridgehead atoms. The van der Waals surface area contributed by atoms with Crippen molar-refractivity contribution in [1.82, 2.24) is 10.6 Å². The summed E-state index contributed by atoms with van der Waals surface area (Å²) in [4.78, 5) is 25.3. The lowest BCUT2D eigenvalue weighted by Gasteiger charge is -2.48. The summed E-state index contributed by atoms with van der Waals surface area (Å²) < 4.78 is 34.8. The second kappa shape index (κ2) is 38.6. The number of allylic oxidation sites excluding steroid dienone is 1. The fourth-order valence-electron chi connectivity index (χ4n) is 9.88. The molecule has 0 aromatic carbocycles. The van der Waals surface area contributed by atoms with Gasteiger partial charge < -0.3 is 90.1 Å². The number of aliphatic hydroxyl groups is 10. The standard InChI is InChI=1S/C54H100N2O18/c1-4-6-8-10-12-14-16-18-20-22-24-26-28-30-38(61)37(56-42(62)31-29-27-25-23-21-19-17-15-13-11-9-7-5-2)35-69-53-48(67)47(66)50(41(34-59)72-53)73-54-49(68)51(45(64)40(33-58)71-54)74-52-43(55-36(3)60)46(65)44(63)39(32-57)70-52/h28,30,37-41,43-54,57-59,61,63-68H,4-27,29,31-35H2,1-3H3,(H,55,60)(H,56,62)/b30-28+/t37-,38+,39+,40+,41+,43+,44+,45-,46+,47+,48+,49+,50+,51-,52-,53+,54-/m0/s1. The lowest BCUT2D eigenvalue weighted by atomic mass is 9.95. The lowest BCUT2D eigenvalue weighted by Crippen LogP contribution is -2.68. The first-order chi connectivity index (χ1) is 35.7. The van der Waals surface area contributed by atoms with Crippen LogP contribution < -0.4 is 10.6 Å². The van der Waals surface area contributed by atoms with Crippen LogP contribution in [0.25, 0.3) is 0 Å². The molecule has 2 amide bonds. The molecule has 0 aromatic rings. The molecule has 20 nitrogen and oxygen atoms in total. The van der Waals surface area contributed by atoms with E-state index in [0.29, 0.717) is 6.42 Å². The SMILES string of the molecule is CCCCCCCCCCCCC/C=C/[C@@H](O)[C@H](CO[C@@H]1O[C@H](CO)[C@@H](O[C@@H]2O[C@H](CO)[C@H](O)[C@H](O[C@@H]3O[C@H](CO)[C@@H](O)[C@H](O)[C@H]3NC(C)=O)[C@H]2O)[C@H](O)[C@H]1O)NC(=O)CCCCCCCCCCCCCCC. The highest BCUT2D eigenvalue weighted by molar-refractivity contribution is 5.76. The van der Waals surface area contributed by atoms with Gasteiger partial charge in [-0.15, -0.1) is 0 Å². The molecule has 3 rings (SSSR count). The predicted octanol–water partition coefficient (Wildman–Crippen LogP) is 3.18. The molecular weight excluding hydrogens is 965 g/mol. The van der Waals surface area contributed by atoms with E-state index < -0.39 is 130 Å². The van der Waals surface area contributed by atoms with Crippen molar-refractivity contribution in [2.75, 3.05) is 26.4 Å². The first-order valence-corrected chi connectivity index (χ1v) is 28.4. The van der Waals surface area contributed by atoms with Gasteiger partial charge in [-0.2, -0.15) is 0 Å². The molecule has 17 atom stereocenters. The highest BCUT2D eigenvalue weighted by atomic mass is 16.8. The van der Waals surface area contributed by atoms with Gasteiger partial charge in [-0.1, -0.05) is 167 Å². The molecule has 0 unspecified atom stereocenters. The summed E-state index contributed by atoms with van der Waals surface area (Å²) in [6, 6.07) is -2.44. The molecule has 3 aliphatic rings. The van der Waals surface area contributed by atoms with Crippen LogP contribution in [-0.4, -0.2) is 194 Å². The molecule has 74 heavy (non-hydrogen) atoms. The number of rotatable bonds is 40. The zero-order valence-corrected chi connectivity index (χ0v) is 44.9. The first kappa shape index (κ1) is 66.3. The zero-order chi connectivity index (χ0) is 54.3. The van der Waals surface area contributed by atoms with Gasteiger partial charge in [0, 0.05) is 13.3 Å². The Morgan fingerprint density at radius 3 is 1.50 bits per heavy atom. The maximum Gasteiger partial charge on any atom is 0.220 e. The Hall–Kier alpha value is -1.96. The maximum atomic E-state index is 13.3. The summed E-state index contributed by atoms with van der Waals surface area (Å²) in [5, 5.41) is 114. The Morgan fingerprint density at radius 2 is 0.986 bits per heavy atom. The Morgan fingerprint density at radius 1 is 0.527 bits per heavy atom. The predicted molar refractivity (Wildman–Crippen MR) is 275 cm³/mol. The number of aliphatic hydroxyl groups excluding tert-OH is 10. The van der Waals surface area contributed by atoms with E-state index >= 15 is 0 Å². The van der Waals surface area contributed by atoms with Crippen molar-refractivity contribution in [3.63, 3.8) is 0 Å². The molecule has 0 aromatic heterocycles. The smallest absolute Gasteiger partial charge is 0.220 e. The number of carbonyl (C=O) groups is 2. The second-order valence-electron chi connectivity index (χ2n) is 20.8. The van der Waals surface area contributed by atoms with Crippen molar-refractivity contribution in [3.05, 3.63) is 12.2 Å². The van der Waals surface area contributed by atoms with E-state index in [0.717, 1.165) is 51.9 Å². The number of hydrogen-bond donors (Lipinski definition) is 12. The highest BCUT2D eigenvalue weighted by Crippen LogP contribution is 2.33. The Balaban J connectivity index is 1.61. The molecule has 3 fully saturated rings. The summed E-state index contributed by atoms with van der Waals surface area (Å²) in [5.74, 6) is -0.947. The van der Waals surface area contributed by atoms with Crippen molar-refractivity contribution in [2.24, 2.45) is 0 Å². The molecule has 3 aliphatic heterocycles. The quantitative estimate of drug-likeness (QED) is 0.0310. The Bertz CT molecular complexity index is 1480. The molecule has 0 saturated carbocycles. The fraction of sp³-hybridized carbons (Fsp3) is 0.926. The van der Waals surface area contributed by atoms with Gasteiger partial charge >= 0.3 is 0 Å². The van der Waals surface area contributed by atoms with Crippen LogP contribution in [0.3, 0.4) is 0 Å². The third-order valence-corrected chi connectivity index (χ3v) is 14.5. The number of unbranched alkanes of at least 4 members (excludes halogenated alkanes) is 23. The van der Waals surface area contributed by atoms with Crippen LogP contribution in [0.2, 0.25) is 0 Å². The molecule has 0 aliphatic carbocycles. The fourth-order valence-corrected chi connectivity index (χ4v) is 9.88. The monoisotopic (exact) mass is 1060 g/mol. The molecule has 0 radical (unpaired) electrons. The van der Waals surface area contributed by atoms with Gasteiger partial charge in [0.15, 0.2) is 18.9 Å². The number of nitrogens with one attached hydrogen (secondary N) is 2. The lowest BCUT2D eigenvalue weighted by molar-refractivity contribution is -0.375. The van der Waals surface area contributed by atoms with Crippen molar-refractivity contribution in [1.29, 1.82) is 0 Å². The van der Waals surface area contributed by atoms with E-state index in [4.69, 9.17) is 28.4 Å². The van der Waals surface area contributed by atoms with E-state index in [1.54, 1.807) is 6.08 Å². The van der Waals surface area contributed by atoms with E-state index in [1.807, 2.05) is 6.08 Å². The summed E-state index contributed by atoms with van der Waals surface area (Å²) in [6.45, 7) is 2.76. The van der Waals surface area contributed by atoms with Crippen molar-refractivity contribution in [2.45, 2.75) is 292 Å². The molecule has 3 saturated heterocycles. The van der Waals surface area contributed by atoms with Gasteiger partial charge in [0.1, 0.15) is 73.2 Å². The minimum Gasteiger partial charge on any atom is -0.394 e. The first-order valence-electron chi connectivity index (χ1n) is 28.4. The zero-order valence-electron chi connectivity index (χ0n) is 44.9. The summed E-state index contributed by atoms with van der Waals surface area (Å²) in [5.41, 5.74) is 0. The topological polar surface area (TPSA) is 316 Å². The Labute approximate surface area is 440 Å². The van der Waals surface area contributed by atoms with Crippen LogP contribution in [0, 0.1) is 0 Å². The van der Waals surface area contributed by atoms with Crippen molar-refractivity contribution < 1.29 is 89.1 Å². The average Bonchev–Trinajstić information content (AvgIpc) is 3.38. The Kier molecular flexibility index (Phi) is 34.6. The molecule has 12 N–H and O–H groups in total. The van der Waals surface area contributed by atoms with Crippen LogP contribution >= 0.6 is 0 Å². The number of ether oxygens (including phenoxy) is 6. The van der Waals surface area contributed by atoms with E-state index in [1.165, 1.54) is 109 Å². The van der Waals surface area contributed by atoms with Gasteiger partial charge in [-0.3, -0.25) is 9.59 Å². The molecule has 0 spiro atoms. The van der Waals surface area contributed by atoms with Crippen LogP contribution in [0.4, 0.5) is 0 Å². The molecule has 434 valence electrons. The van der Waals surface area contributed by atoms with E-state index in [2.05, 4.69) is 24.5 Å². The molecule has 3 heterocycles. The second-order valence-corrected chi connectivity index (χ2v) is 20.8. The third kappa shape index (κ3) is 23.6. The van der Waals surface area contributed by atoms with E-state index in [9.17, 15) is 60.7 Å². The van der Waals surface area contributed by atoms with Gasteiger partial charge in [-0.05, 0) is 19.3 Å². The number of carbonyl (C=O) groups excluding carboxylic acids is 2. The maximum absolute atomic E-state index is 13.3. The van der Waals surface area contributed by atoms with Gasteiger partial charge in [0.05, 0.1) is 38.6 Å². The van der Waals surface area contributed by atoms with Crippen LogP contribution in [0.1, 0.15) is 188 Å². The minimum atomic E-state index is -1.97. The summed E-state index contributed by atoms with van der Waals surface area (Å²) >= 11 is 0. The van der Waals surface area contributed by atoms with Crippen molar-refractivity contribution in [3.8, 4) is 0 Å². The van der Waals surface area contributed by atoms with Crippen molar-refractivity contribution >= 4 is 11.8 Å². The largest absolute Gasteiger partial charge is 0.394 e. The number of amides is 2. The average molecular weight is 1070 g/mol. The molecular formula is C54H100N2O18. The van der Waals surface area contributed by atoms with E-state index in [-0.39, 0.29) is 18.9 Å². The van der Waals surface area contributed by atoms with Gasteiger partial charge in [0.25, 0.3) is 0 Å². The third-order valence-electron chi connectivity index (χ3n) is 14.5. The van der Waals surface area contributed by atoms with Crippen LogP contribution in [-0.2, 0) is 38.0 Å². The minimum absolute atomic E-state index is 0.239.